The van der Waals surface area contributed by atoms with E-state index in [0.717, 1.165) is 48.6 Å². The SMILES string of the molecule is CCNC(=NCC1CC1)NCCCSc1ccc(F)cc1. The van der Waals surface area contributed by atoms with Gasteiger partial charge < -0.3 is 10.6 Å². The van der Waals surface area contributed by atoms with Crippen molar-refractivity contribution in [3.8, 4) is 0 Å². The van der Waals surface area contributed by atoms with E-state index >= 15 is 0 Å². The van der Waals surface area contributed by atoms with Gasteiger partial charge in [0, 0.05) is 24.5 Å². The first-order chi connectivity index (χ1) is 10.3. The lowest BCUT2D eigenvalue weighted by atomic mass is 10.4. The summed E-state index contributed by atoms with van der Waals surface area (Å²) >= 11 is 1.76. The number of hydrogen-bond acceptors (Lipinski definition) is 2. The maximum absolute atomic E-state index is 12.8. The van der Waals surface area contributed by atoms with Crippen molar-refractivity contribution in [3.05, 3.63) is 30.1 Å². The number of rotatable bonds is 8. The molecule has 1 saturated carbocycles. The molecule has 5 heteroatoms. The summed E-state index contributed by atoms with van der Waals surface area (Å²) in [4.78, 5) is 5.70. The minimum absolute atomic E-state index is 0.178. The number of guanidine groups is 1. The maximum Gasteiger partial charge on any atom is 0.191 e. The summed E-state index contributed by atoms with van der Waals surface area (Å²) in [7, 11) is 0. The summed E-state index contributed by atoms with van der Waals surface area (Å²) in [6.07, 6.45) is 3.71. The van der Waals surface area contributed by atoms with Gasteiger partial charge in [-0.15, -0.1) is 11.8 Å². The molecule has 0 unspecified atom stereocenters. The summed E-state index contributed by atoms with van der Waals surface area (Å²) in [5, 5.41) is 6.64. The van der Waals surface area contributed by atoms with Crippen molar-refractivity contribution in [2.45, 2.75) is 31.1 Å². The minimum Gasteiger partial charge on any atom is -0.357 e. The minimum atomic E-state index is -0.178. The van der Waals surface area contributed by atoms with Gasteiger partial charge in [-0.25, -0.2) is 4.39 Å². The van der Waals surface area contributed by atoms with E-state index < -0.39 is 0 Å². The number of nitrogens with one attached hydrogen (secondary N) is 2. The molecule has 0 saturated heterocycles. The van der Waals surface area contributed by atoms with Gasteiger partial charge in [0.1, 0.15) is 5.82 Å². The van der Waals surface area contributed by atoms with Crippen molar-refractivity contribution in [2.75, 3.05) is 25.4 Å². The van der Waals surface area contributed by atoms with Crippen molar-refractivity contribution >= 4 is 17.7 Å². The molecule has 1 fully saturated rings. The monoisotopic (exact) mass is 309 g/mol. The largest absolute Gasteiger partial charge is 0.357 e. The van der Waals surface area contributed by atoms with Gasteiger partial charge in [0.25, 0.3) is 0 Å². The smallest absolute Gasteiger partial charge is 0.191 e. The van der Waals surface area contributed by atoms with Crippen LogP contribution in [0.2, 0.25) is 0 Å². The molecule has 2 N–H and O–H groups in total. The van der Waals surface area contributed by atoms with Crippen LogP contribution < -0.4 is 10.6 Å². The number of nitrogens with zero attached hydrogens (tertiary/aromatic N) is 1. The molecule has 3 nitrogen and oxygen atoms in total. The highest BCUT2D eigenvalue weighted by Crippen LogP contribution is 2.28. The average Bonchev–Trinajstić information content (AvgIpc) is 3.30. The molecule has 0 heterocycles. The van der Waals surface area contributed by atoms with E-state index in [0.29, 0.717) is 0 Å². The van der Waals surface area contributed by atoms with E-state index in [1.807, 2.05) is 12.1 Å². The Morgan fingerprint density at radius 1 is 1.29 bits per heavy atom. The van der Waals surface area contributed by atoms with Crippen LogP contribution in [0.1, 0.15) is 26.2 Å². The molecule has 1 aromatic carbocycles. The number of benzene rings is 1. The molecule has 0 aromatic heterocycles. The van der Waals surface area contributed by atoms with E-state index in [2.05, 4.69) is 22.5 Å². The van der Waals surface area contributed by atoms with Crippen molar-refractivity contribution in [2.24, 2.45) is 10.9 Å². The maximum atomic E-state index is 12.8. The van der Waals surface area contributed by atoms with Gasteiger partial charge in [-0.2, -0.15) is 0 Å². The predicted molar refractivity (Wildman–Crippen MR) is 88.4 cm³/mol. The predicted octanol–water partition coefficient (Wildman–Crippen LogP) is 3.27. The van der Waals surface area contributed by atoms with Gasteiger partial charge in [-0.05, 0) is 62.1 Å². The van der Waals surface area contributed by atoms with E-state index in [9.17, 15) is 4.39 Å². The van der Waals surface area contributed by atoms with Crippen LogP contribution in [-0.4, -0.2) is 31.3 Å². The van der Waals surface area contributed by atoms with E-state index in [4.69, 9.17) is 0 Å². The molecule has 1 aliphatic carbocycles. The molecular weight excluding hydrogens is 285 g/mol. The van der Waals surface area contributed by atoms with Crippen LogP contribution in [0.25, 0.3) is 0 Å². The summed E-state index contributed by atoms with van der Waals surface area (Å²) in [5.41, 5.74) is 0. The molecule has 1 aromatic rings. The highest BCUT2D eigenvalue weighted by molar-refractivity contribution is 7.99. The Kier molecular flexibility index (Phi) is 6.86. The fourth-order valence-corrected chi connectivity index (χ4v) is 2.72. The second-order valence-electron chi connectivity index (χ2n) is 5.25. The van der Waals surface area contributed by atoms with Crippen LogP contribution in [0, 0.1) is 11.7 Å². The quantitative estimate of drug-likeness (QED) is 0.335. The lowest BCUT2D eigenvalue weighted by Crippen LogP contribution is -2.38. The van der Waals surface area contributed by atoms with Crippen molar-refractivity contribution < 1.29 is 4.39 Å². The first-order valence-corrected chi connectivity index (χ1v) is 8.67. The number of aliphatic imine (C=N–C) groups is 1. The van der Waals surface area contributed by atoms with Crippen LogP contribution in [0.4, 0.5) is 4.39 Å². The normalized spacial score (nSPS) is 15.0. The third-order valence-corrected chi connectivity index (χ3v) is 4.34. The standard InChI is InChI=1S/C16H24FN3S/c1-2-18-16(20-12-13-4-5-13)19-10-3-11-21-15-8-6-14(17)7-9-15/h6-9,13H,2-5,10-12H2,1H3,(H2,18,19,20). The Bertz CT molecular complexity index is 443. The van der Waals surface area contributed by atoms with Gasteiger partial charge >= 0.3 is 0 Å². The zero-order valence-corrected chi connectivity index (χ0v) is 13.4. The van der Waals surface area contributed by atoms with Gasteiger partial charge in [0.15, 0.2) is 5.96 Å². The average molecular weight is 309 g/mol. The number of thioether (sulfide) groups is 1. The van der Waals surface area contributed by atoms with E-state index in [-0.39, 0.29) is 5.82 Å². The van der Waals surface area contributed by atoms with E-state index in [1.54, 1.807) is 11.8 Å². The Morgan fingerprint density at radius 3 is 2.71 bits per heavy atom. The zero-order valence-electron chi connectivity index (χ0n) is 12.6. The Labute approximate surface area is 130 Å². The highest BCUT2D eigenvalue weighted by atomic mass is 32.2. The van der Waals surface area contributed by atoms with Crippen molar-refractivity contribution in [3.63, 3.8) is 0 Å². The second kappa shape index (κ2) is 8.93. The lowest BCUT2D eigenvalue weighted by molar-refractivity contribution is 0.626. The molecule has 1 aliphatic rings. The Hall–Kier alpha value is -1.23. The third-order valence-electron chi connectivity index (χ3n) is 3.24. The van der Waals surface area contributed by atoms with Crippen LogP contribution >= 0.6 is 11.8 Å². The van der Waals surface area contributed by atoms with Gasteiger partial charge in [0.2, 0.25) is 0 Å². The molecule has 0 aliphatic heterocycles. The van der Waals surface area contributed by atoms with E-state index in [1.165, 1.54) is 25.0 Å². The number of hydrogen-bond donors (Lipinski definition) is 2. The topological polar surface area (TPSA) is 36.4 Å². The second-order valence-corrected chi connectivity index (χ2v) is 6.41. The Morgan fingerprint density at radius 2 is 2.05 bits per heavy atom. The molecule has 2 rings (SSSR count). The van der Waals surface area contributed by atoms with Gasteiger partial charge in [-0.1, -0.05) is 0 Å². The van der Waals surface area contributed by atoms with Gasteiger partial charge in [-0.3, -0.25) is 4.99 Å². The van der Waals surface area contributed by atoms with Crippen molar-refractivity contribution in [1.29, 1.82) is 0 Å². The highest BCUT2D eigenvalue weighted by Gasteiger charge is 2.20. The summed E-state index contributed by atoms with van der Waals surface area (Å²) in [5.74, 6) is 2.58. The molecule has 0 atom stereocenters. The molecule has 0 radical (unpaired) electrons. The molecule has 116 valence electrons. The zero-order chi connectivity index (χ0) is 14.9. The Balaban J connectivity index is 1.60. The molecule has 0 amide bonds. The van der Waals surface area contributed by atoms with Crippen LogP contribution in [0.15, 0.2) is 34.2 Å². The van der Waals surface area contributed by atoms with Crippen LogP contribution in [-0.2, 0) is 0 Å². The fourth-order valence-electron chi connectivity index (χ4n) is 1.86. The fraction of sp³-hybridized carbons (Fsp3) is 0.562. The van der Waals surface area contributed by atoms with Crippen LogP contribution in [0.5, 0.6) is 0 Å². The molecule has 0 bridgehead atoms. The molecular formula is C16H24FN3S. The summed E-state index contributed by atoms with van der Waals surface area (Å²) in [6, 6.07) is 6.67. The van der Waals surface area contributed by atoms with Crippen LogP contribution in [0.3, 0.4) is 0 Å². The lowest BCUT2D eigenvalue weighted by Gasteiger charge is -2.11. The first kappa shape index (κ1) is 16.1. The van der Waals surface area contributed by atoms with Crippen molar-refractivity contribution in [1.82, 2.24) is 10.6 Å². The molecule has 21 heavy (non-hydrogen) atoms. The number of halogens is 1. The molecule has 0 spiro atoms. The third kappa shape index (κ3) is 6.85. The first-order valence-electron chi connectivity index (χ1n) is 7.68. The summed E-state index contributed by atoms with van der Waals surface area (Å²) < 4.78 is 12.8. The summed E-state index contributed by atoms with van der Waals surface area (Å²) in [6.45, 7) is 4.82. The van der Waals surface area contributed by atoms with Gasteiger partial charge in [0.05, 0.1) is 0 Å².